The van der Waals surface area contributed by atoms with Crippen molar-refractivity contribution in [3.63, 3.8) is 0 Å². The van der Waals surface area contributed by atoms with E-state index in [1.807, 2.05) is 48.5 Å². The Hall–Kier alpha value is -3.53. The molecule has 0 aliphatic carbocycles. The van der Waals surface area contributed by atoms with Crippen molar-refractivity contribution in [2.75, 3.05) is 5.32 Å². The first-order chi connectivity index (χ1) is 13.5. The van der Waals surface area contributed by atoms with Gasteiger partial charge in [0.25, 0.3) is 0 Å². The van der Waals surface area contributed by atoms with Gasteiger partial charge in [0.05, 0.1) is 6.26 Å². The van der Waals surface area contributed by atoms with Crippen LogP contribution in [0.5, 0.6) is 5.75 Å². The van der Waals surface area contributed by atoms with E-state index in [9.17, 15) is 4.39 Å². The predicted molar refractivity (Wildman–Crippen MR) is 115 cm³/mol. The van der Waals surface area contributed by atoms with Crippen molar-refractivity contribution in [1.29, 1.82) is 0 Å². The number of rotatable bonds is 8. The van der Waals surface area contributed by atoms with E-state index in [1.165, 1.54) is 13.2 Å². The van der Waals surface area contributed by atoms with Crippen LogP contribution in [0.4, 0.5) is 10.1 Å². The Kier molecular flexibility index (Phi) is 5.80. The lowest BCUT2D eigenvalue weighted by Gasteiger charge is -2.13. The minimum absolute atomic E-state index is 0.478. The maximum absolute atomic E-state index is 12.9. The van der Waals surface area contributed by atoms with E-state index in [1.54, 1.807) is 12.1 Å². The van der Waals surface area contributed by atoms with Crippen LogP contribution in [0.3, 0.4) is 0 Å². The van der Waals surface area contributed by atoms with Crippen LogP contribution in [0, 0.1) is 0 Å². The van der Waals surface area contributed by atoms with E-state index in [2.05, 4.69) is 25.1 Å². The number of halogens is 1. The molecule has 0 amide bonds. The standard InChI is InChI=1S/C24H22FNO2/c1-5-27-17(3)21-7-6-20-8-11-23(15-22(20)14-21)26-16(2)19-9-12-24(13-10-19)28-18(4)25/h5-15,18,26H,1-3H2,4H3. The predicted octanol–water partition coefficient (Wildman–Crippen LogP) is 6.75. The number of alkyl halides is 1. The second-order valence-corrected chi connectivity index (χ2v) is 6.27. The van der Waals surface area contributed by atoms with Crippen LogP contribution in [0.15, 0.2) is 86.7 Å². The molecule has 3 nitrogen and oxygen atoms in total. The Morgan fingerprint density at radius 3 is 2.32 bits per heavy atom. The largest absolute Gasteiger partial charge is 0.466 e. The van der Waals surface area contributed by atoms with Gasteiger partial charge in [-0.2, -0.15) is 0 Å². The summed E-state index contributed by atoms with van der Waals surface area (Å²) in [5, 5.41) is 5.46. The number of nitrogens with one attached hydrogen (secondary N) is 1. The highest BCUT2D eigenvalue weighted by atomic mass is 19.1. The van der Waals surface area contributed by atoms with E-state index >= 15 is 0 Å². The summed E-state index contributed by atoms with van der Waals surface area (Å²) in [4.78, 5) is 0. The number of benzene rings is 3. The molecule has 0 aliphatic rings. The SMILES string of the molecule is C=COC(=C)c1ccc2ccc(NC(=C)c3ccc(OC(C)F)cc3)cc2c1. The number of anilines is 1. The molecular formula is C24H22FNO2. The van der Waals surface area contributed by atoms with Crippen LogP contribution < -0.4 is 10.1 Å². The quantitative estimate of drug-likeness (QED) is 0.442. The number of hydrogen-bond donors (Lipinski definition) is 1. The van der Waals surface area contributed by atoms with Crippen molar-refractivity contribution < 1.29 is 13.9 Å². The third-order valence-electron chi connectivity index (χ3n) is 4.18. The van der Waals surface area contributed by atoms with Crippen molar-refractivity contribution in [1.82, 2.24) is 0 Å². The van der Waals surface area contributed by atoms with Crippen LogP contribution in [0.1, 0.15) is 18.1 Å². The first-order valence-corrected chi connectivity index (χ1v) is 8.84. The van der Waals surface area contributed by atoms with Gasteiger partial charge in [0, 0.05) is 23.9 Å². The molecule has 3 rings (SSSR count). The normalized spacial score (nSPS) is 11.5. The summed E-state index contributed by atoms with van der Waals surface area (Å²) in [5.41, 5.74) is 3.42. The summed E-state index contributed by atoms with van der Waals surface area (Å²) in [6, 6.07) is 19.2. The average Bonchev–Trinajstić information content (AvgIpc) is 2.67. The maximum atomic E-state index is 12.9. The lowest BCUT2D eigenvalue weighted by atomic mass is 10.1. The van der Waals surface area contributed by atoms with Crippen molar-refractivity contribution >= 4 is 27.9 Å². The molecule has 1 N–H and O–H groups in total. The topological polar surface area (TPSA) is 30.5 Å². The molecule has 0 radical (unpaired) electrons. The molecule has 0 heterocycles. The molecule has 0 saturated carbocycles. The molecule has 3 aromatic rings. The van der Waals surface area contributed by atoms with Crippen molar-refractivity contribution in [2.24, 2.45) is 0 Å². The Bertz CT molecular complexity index is 1020. The van der Waals surface area contributed by atoms with Crippen LogP contribution in [0.2, 0.25) is 0 Å². The van der Waals surface area contributed by atoms with Gasteiger partial charge in [0.15, 0.2) is 0 Å². The molecule has 0 saturated heterocycles. The van der Waals surface area contributed by atoms with Gasteiger partial charge in [0.1, 0.15) is 11.5 Å². The Morgan fingerprint density at radius 1 is 0.964 bits per heavy atom. The molecule has 0 aliphatic heterocycles. The van der Waals surface area contributed by atoms with E-state index in [0.717, 1.165) is 33.3 Å². The number of hydrogen-bond acceptors (Lipinski definition) is 3. The first kappa shape index (κ1) is 19.2. The van der Waals surface area contributed by atoms with Crippen LogP contribution >= 0.6 is 0 Å². The van der Waals surface area contributed by atoms with Gasteiger partial charge in [-0.15, -0.1) is 0 Å². The third kappa shape index (κ3) is 4.60. The molecule has 0 bridgehead atoms. The van der Waals surface area contributed by atoms with Gasteiger partial charge in [0.2, 0.25) is 6.36 Å². The molecule has 0 fully saturated rings. The molecule has 0 aromatic heterocycles. The maximum Gasteiger partial charge on any atom is 0.235 e. The minimum atomic E-state index is -1.34. The molecule has 1 atom stereocenters. The Labute approximate surface area is 164 Å². The van der Waals surface area contributed by atoms with Crippen molar-refractivity contribution in [3.8, 4) is 5.75 Å². The molecule has 28 heavy (non-hydrogen) atoms. The summed E-state index contributed by atoms with van der Waals surface area (Å²) in [6.45, 7) is 12.9. The van der Waals surface area contributed by atoms with E-state index in [0.29, 0.717) is 11.5 Å². The zero-order valence-electron chi connectivity index (χ0n) is 15.7. The fraction of sp³-hybridized carbons (Fsp3) is 0.0833. The third-order valence-corrected chi connectivity index (χ3v) is 4.18. The number of ether oxygens (including phenoxy) is 2. The van der Waals surface area contributed by atoms with Crippen molar-refractivity contribution in [3.05, 3.63) is 97.8 Å². The highest BCUT2D eigenvalue weighted by Gasteiger charge is 2.05. The van der Waals surface area contributed by atoms with Crippen LogP contribution in [0.25, 0.3) is 22.2 Å². The van der Waals surface area contributed by atoms with Crippen molar-refractivity contribution in [2.45, 2.75) is 13.3 Å². The second kappa shape index (κ2) is 8.44. The summed E-state index contributed by atoms with van der Waals surface area (Å²) in [5.74, 6) is 1.02. The summed E-state index contributed by atoms with van der Waals surface area (Å²) in [6.07, 6.45) is 0.0154. The zero-order valence-corrected chi connectivity index (χ0v) is 15.7. The van der Waals surface area contributed by atoms with E-state index < -0.39 is 6.36 Å². The zero-order chi connectivity index (χ0) is 20.1. The molecule has 4 heteroatoms. The van der Waals surface area contributed by atoms with Gasteiger partial charge in [-0.3, -0.25) is 0 Å². The average molecular weight is 375 g/mol. The van der Waals surface area contributed by atoms with Crippen LogP contribution in [-0.2, 0) is 4.74 Å². The van der Waals surface area contributed by atoms with Crippen LogP contribution in [-0.4, -0.2) is 6.36 Å². The highest BCUT2D eigenvalue weighted by Crippen LogP contribution is 2.26. The van der Waals surface area contributed by atoms with Gasteiger partial charge in [-0.05, 0) is 58.8 Å². The van der Waals surface area contributed by atoms with E-state index in [-0.39, 0.29) is 0 Å². The second-order valence-electron chi connectivity index (χ2n) is 6.27. The lowest BCUT2D eigenvalue weighted by molar-refractivity contribution is 0.0860. The molecule has 1 unspecified atom stereocenters. The highest BCUT2D eigenvalue weighted by molar-refractivity contribution is 5.90. The molecule has 3 aromatic carbocycles. The summed E-state index contributed by atoms with van der Waals surface area (Å²) >= 11 is 0. The lowest BCUT2D eigenvalue weighted by Crippen LogP contribution is -2.03. The smallest absolute Gasteiger partial charge is 0.235 e. The first-order valence-electron chi connectivity index (χ1n) is 8.84. The van der Waals surface area contributed by atoms with Gasteiger partial charge < -0.3 is 14.8 Å². The van der Waals surface area contributed by atoms with E-state index in [4.69, 9.17) is 9.47 Å². The molecular weight excluding hydrogens is 353 g/mol. The molecule has 142 valence electrons. The van der Waals surface area contributed by atoms with Gasteiger partial charge in [-0.25, -0.2) is 4.39 Å². The summed E-state index contributed by atoms with van der Waals surface area (Å²) < 4.78 is 23.2. The molecule has 0 spiro atoms. The van der Waals surface area contributed by atoms with Gasteiger partial charge >= 0.3 is 0 Å². The Morgan fingerprint density at radius 2 is 1.64 bits per heavy atom. The Balaban J connectivity index is 1.78. The fourth-order valence-electron chi connectivity index (χ4n) is 2.84. The minimum Gasteiger partial charge on any atom is -0.466 e. The fourth-order valence-corrected chi connectivity index (χ4v) is 2.84. The van der Waals surface area contributed by atoms with Gasteiger partial charge in [-0.1, -0.05) is 37.9 Å². The number of fused-ring (bicyclic) bond motifs is 1. The summed E-state index contributed by atoms with van der Waals surface area (Å²) in [7, 11) is 0. The monoisotopic (exact) mass is 375 g/mol.